The molecule has 0 bridgehead atoms. The summed E-state index contributed by atoms with van der Waals surface area (Å²) in [4.78, 5) is 0. The Morgan fingerprint density at radius 3 is 1.37 bits per heavy atom. The van der Waals surface area contributed by atoms with Gasteiger partial charge in [0.15, 0.2) is 0 Å². The molecule has 0 unspecified atom stereocenters. The van der Waals surface area contributed by atoms with Crippen LogP contribution in [0.2, 0.25) is 0 Å². The van der Waals surface area contributed by atoms with Crippen LogP contribution in [0.4, 0.5) is 0 Å². The van der Waals surface area contributed by atoms with Gasteiger partial charge in [0.2, 0.25) is 0 Å². The molecule has 0 fully saturated rings. The quantitative estimate of drug-likeness (QED) is 0.180. The molecule has 0 heteroatoms. The molecule has 0 radical (unpaired) electrons. The third-order valence-electron chi connectivity index (χ3n) is 11.2. The van der Waals surface area contributed by atoms with Gasteiger partial charge in [0.25, 0.3) is 0 Å². The van der Waals surface area contributed by atoms with Crippen LogP contribution in [0.1, 0.15) is 47.2 Å². The van der Waals surface area contributed by atoms with E-state index in [2.05, 4.69) is 184 Å². The highest BCUT2D eigenvalue weighted by Crippen LogP contribution is 2.63. The van der Waals surface area contributed by atoms with Gasteiger partial charge in [0.1, 0.15) is 0 Å². The summed E-state index contributed by atoms with van der Waals surface area (Å²) < 4.78 is 0. The number of hydrogen-bond acceptors (Lipinski definition) is 0. The van der Waals surface area contributed by atoms with Crippen LogP contribution in [0.5, 0.6) is 0 Å². The van der Waals surface area contributed by atoms with E-state index in [1.54, 1.807) is 0 Å². The van der Waals surface area contributed by atoms with Crippen LogP contribution in [0.3, 0.4) is 0 Å². The Morgan fingerprint density at radius 1 is 0.367 bits per heavy atom. The third-order valence-corrected chi connectivity index (χ3v) is 11.2. The van der Waals surface area contributed by atoms with Crippen LogP contribution in [0.25, 0.3) is 66.8 Å². The van der Waals surface area contributed by atoms with E-state index in [0.717, 1.165) is 0 Å². The topological polar surface area (TPSA) is 0 Å². The fourth-order valence-corrected chi connectivity index (χ4v) is 9.19. The van der Waals surface area contributed by atoms with Crippen molar-refractivity contribution in [3.63, 3.8) is 0 Å². The maximum Gasteiger partial charge on any atom is 0.0725 e. The number of allylic oxidation sites excluding steroid dienone is 4. The van der Waals surface area contributed by atoms with Crippen molar-refractivity contribution >= 4 is 11.1 Å². The molecule has 10 rings (SSSR count). The zero-order valence-corrected chi connectivity index (χ0v) is 27.7. The summed E-state index contributed by atoms with van der Waals surface area (Å²) in [6.07, 6.45) is 4.43. The van der Waals surface area contributed by atoms with Crippen LogP contribution >= 0.6 is 0 Å². The standard InChI is InChI=1S/C49H34/c1-3-14-34-31(2)35-15-4-5-17-37(35)39-27-25-32(29-43(39)38-18-7-6-16-36(34)38)33-26-28-48-44(30-33)42-21-10-13-24-47(42)49(48)45-22-11-8-19-40(45)41-20-9-12-23-46(41)49/h3-30H,1-2H3. The predicted octanol–water partition coefficient (Wildman–Crippen LogP) is 12.9. The Balaban J connectivity index is 1.21. The van der Waals surface area contributed by atoms with E-state index in [1.165, 1.54) is 100 Å². The lowest BCUT2D eigenvalue weighted by Gasteiger charge is -2.30. The molecule has 0 atom stereocenters. The molecule has 7 aromatic rings. The summed E-state index contributed by atoms with van der Waals surface area (Å²) >= 11 is 0. The second kappa shape index (κ2) is 10.5. The summed E-state index contributed by atoms with van der Waals surface area (Å²) in [5.74, 6) is 0. The summed E-state index contributed by atoms with van der Waals surface area (Å²) in [6.45, 7) is 4.37. The molecule has 230 valence electrons. The van der Waals surface area contributed by atoms with Gasteiger partial charge in [0.05, 0.1) is 5.41 Å². The normalized spacial score (nSPS) is 14.3. The number of rotatable bonds is 2. The highest BCUT2D eigenvalue weighted by atomic mass is 14.5. The minimum absolute atomic E-state index is 0.320. The first-order valence-electron chi connectivity index (χ1n) is 17.3. The van der Waals surface area contributed by atoms with Gasteiger partial charge in [-0.3, -0.25) is 0 Å². The lowest BCUT2D eigenvalue weighted by molar-refractivity contribution is 0.794. The van der Waals surface area contributed by atoms with Gasteiger partial charge in [0, 0.05) is 0 Å². The van der Waals surface area contributed by atoms with Crippen molar-refractivity contribution < 1.29 is 0 Å². The van der Waals surface area contributed by atoms with Crippen molar-refractivity contribution in [3.05, 3.63) is 203 Å². The third kappa shape index (κ3) is 3.75. The summed E-state index contributed by atoms with van der Waals surface area (Å²) in [5.41, 5.74) is 23.2. The van der Waals surface area contributed by atoms with Gasteiger partial charge in [-0.2, -0.15) is 0 Å². The number of fused-ring (bicyclic) bond motifs is 15. The molecule has 0 aliphatic heterocycles. The lowest BCUT2D eigenvalue weighted by Crippen LogP contribution is -2.25. The van der Waals surface area contributed by atoms with Gasteiger partial charge in [-0.15, -0.1) is 0 Å². The van der Waals surface area contributed by atoms with Crippen molar-refractivity contribution in [2.24, 2.45) is 0 Å². The van der Waals surface area contributed by atoms with Crippen molar-refractivity contribution in [1.82, 2.24) is 0 Å². The van der Waals surface area contributed by atoms with E-state index in [-0.39, 0.29) is 5.41 Å². The second-order valence-corrected chi connectivity index (χ2v) is 13.5. The molecular weight excluding hydrogens is 589 g/mol. The first kappa shape index (κ1) is 28.1. The average Bonchev–Trinajstić information content (AvgIpc) is 3.63. The average molecular weight is 623 g/mol. The molecule has 0 nitrogen and oxygen atoms in total. The van der Waals surface area contributed by atoms with Crippen molar-refractivity contribution in [3.8, 4) is 55.6 Å². The molecule has 3 aliphatic carbocycles. The molecular formula is C49H34. The summed E-state index contributed by atoms with van der Waals surface area (Å²) in [5, 5.41) is 0. The summed E-state index contributed by atoms with van der Waals surface area (Å²) in [6, 6.07) is 59.2. The molecule has 7 aromatic carbocycles. The van der Waals surface area contributed by atoms with Crippen LogP contribution < -0.4 is 0 Å². The smallest absolute Gasteiger partial charge is 0.0725 e. The Hall–Kier alpha value is -5.98. The maximum absolute atomic E-state index is 2.45. The van der Waals surface area contributed by atoms with Crippen LogP contribution in [-0.4, -0.2) is 0 Å². The zero-order valence-electron chi connectivity index (χ0n) is 27.7. The van der Waals surface area contributed by atoms with E-state index in [0.29, 0.717) is 0 Å². The van der Waals surface area contributed by atoms with Crippen molar-refractivity contribution in [1.29, 1.82) is 0 Å². The molecule has 1 spiro atoms. The zero-order chi connectivity index (χ0) is 32.7. The van der Waals surface area contributed by atoms with Crippen LogP contribution in [-0.2, 0) is 5.41 Å². The van der Waals surface area contributed by atoms with Crippen molar-refractivity contribution in [2.75, 3.05) is 0 Å². The van der Waals surface area contributed by atoms with Crippen molar-refractivity contribution in [2.45, 2.75) is 19.3 Å². The Kier molecular flexibility index (Phi) is 6.02. The Labute approximate surface area is 288 Å². The molecule has 0 saturated carbocycles. The van der Waals surface area contributed by atoms with E-state index >= 15 is 0 Å². The minimum Gasteiger partial charge on any atom is -0.0870 e. The Morgan fingerprint density at radius 2 is 0.776 bits per heavy atom. The van der Waals surface area contributed by atoms with Gasteiger partial charge < -0.3 is 0 Å². The fraction of sp³-hybridized carbons (Fsp3) is 0.0612. The molecule has 0 amide bonds. The first-order chi connectivity index (χ1) is 24.2. The Bertz CT molecular complexity index is 2530. The molecule has 0 aromatic heterocycles. The van der Waals surface area contributed by atoms with E-state index in [4.69, 9.17) is 0 Å². The molecule has 3 aliphatic rings. The van der Waals surface area contributed by atoms with Gasteiger partial charge in [-0.25, -0.2) is 0 Å². The molecule has 0 heterocycles. The van der Waals surface area contributed by atoms with E-state index in [1.807, 2.05) is 0 Å². The second-order valence-electron chi connectivity index (χ2n) is 13.5. The van der Waals surface area contributed by atoms with Crippen LogP contribution in [0.15, 0.2) is 170 Å². The number of hydrogen-bond donors (Lipinski definition) is 0. The van der Waals surface area contributed by atoms with E-state index in [9.17, 15) is 0 Å². The predicted molar refractivity (Wildman–Crippen MR) is 206 cm³/mol. The number of benzene rings is 7. The van der Waals surface area contributed by atoms with E-state index < -0.39 is 0 Å². The maximum atomic E-state index is 2.45. The highest BCUT2D eigenvalue weighted by molar-refractivity contribution is 6.06. The molecule has 0 N–H and O–H groups in total. The highest BCUT2D eigenvalue weighted by Gasteiger charge is 2.51. The fourth-order valence-electron chi connectivity index (χ4n) is 9.19. The monoisotopic (exact) mass is 622 g/mol. The van der Waals surface area contributed by atoms with Crippen LogP contribution in [0, 0.1) is 0 Å². The largest absolute Gasteiger partial charge is 0.0870 e. The van der Waals surface area contributed by atoms with Gasteiger partial charge in [-0.1, -0.05) is 158 Å². The minimum atomic E-state index is -0.320. The van der Waals surface area contributed by atoms with Gasteiger partial charge >= 0.3 is 0 Å². The summed E-state index contributed by atoms with van der Waals surface area (Å²) in [7, 11) is 0. The van der Waals surface area contributed by atoms with Gasteiger partial charge in [-0.05, 0) is 126 Å². The molecule has 49 heavy (non-hydrogen) atoms. The lowest BCUT2D eigenvalue weighted by atomic mass is 9.70. The first-order valence-corrected chi connectivity index (χ1v) is 17.3. The molecule has 0 saturated heterocycles. The SMILES string of the molecule is CC=CC1=C(C)c2ccccc2-c2ccc(-c3ccc4c(c3)-c3ccccc3C43c4ccccc4-c4ccccc43)cc2-c2ccccc21.